The van der Waals surface area contributed by atoms with Crippen LogP contribution in [0.3, 0.4) is 0 Å². The van der Waals surface area contributed by atoms with Crippen LogP contribution in [0.5, 0.6) is 5.75 Å². The third-order valence-corrected chi connectivity index (χ3v) is 5.28. The lowest BCUT2D eigenvalue weighted by Crippen LogP contribution is -2.27. The summed E-state index contributed by atoms with van der Waals surface area (Å²) in [6, 6.07) is 5.90. The van der Waals surface area contributed by atoms with Crippen molar-refractivity contribution in [1.29, 1.82) is 0 Å². The van der Waals surface area contributed by atoms with Crippen LogP contribution in [0.25, 0.3) is 16.8 Å². The predicted molar refractivity (Wildman–Crippen MR) is 107 cm³/mol. The highest BCUT2D eigenvalue weighted by Gasteiger charge is 2.21. The summed E-state index contributed by atoms with van der Waals surface area (Å²) in [6.07, 6.45) is 9.89. The van der Waals surface area contributed by atoms with Crippen molar-refractivity contribution in [2.45, 2.75) is 39.5 Å². The minimum absolute atomic E-state index is 0.101. The highest BCUT2D eigenvalue weighted by atomic mass is 16.5. The molecule has 0 atom stereocenters. The Hall–Kier alpha value is -2.82. The van der Waals surface area contributed by atoms with Gasteiger partial charge in [-0.1, -0.05) is 0 Å². The van der Waals surface area contributed by atoms with Gasteiger partial charge in [0.1, 0.15) is 5.75 Å². The van der Waals surface area contributed by atoms with Crippen molar-refractivity contribution >= 4 is 0 Å². The molecule has 5 nitrogen and oxygen atoms in total. The number of aromatic nitrogens is 3. The van der Waals surface area contributed by atoms with E-state index in [1.165, 1.54) is 5.56 Å². The summed E-state index contributed by atoms with van der Waals surface area (Å²) < 4.78 is 9.21. The molecule has 2 aromatic heterocycles. The van der Waals surface area contributed by atoms with Crippen molar-refractivity contribution in [2.75, 3.05) is 6.61 Å². The van der Waals surface area contributed by atoms with Crippen molar-refractivity contribution in [3.63, 3.8) is 0 Å². The molecule has 0 saturated heterocycles. The fourth-order valence-electron chi connectivity index (χ4n) is 3.99. The van der Waals surface area contributed by atoms with E-state index in [-0.39, 0.29) is 5.56 Å². The maximum absolute atomic E-state index is 13.3. The van der Waals surface area contributed by atoms with Gasteiger partial charge in [0.05, 0.1) is 18.5 Å². The molecule has 0 radical (unpaired) electrons. The number of rotatable bonds is 4. The summed E-state index contributed by atoms with van der Waals surface area (Å²) in [5.41, 5.74) is 6.36. The molecule has 4 rings (SSSR count). The van der Waals surface area contributed by atoms with Crippen LogP contribution in [-0.2, 0) is 19.9 Å². The van der Waals surface area contributed by atoms with Crippen LogP contribution >= 0.6 is 0 Å². The number of pyridine rings is 1. The minimum atomic E-state index is 0.101. The first-order chi connectivity index (χ1) is 13.1. The Balaban J connectivity index is 1.92. The summed E-state index contributed by atoms with van der Waals surface area (Å²) in [5, 5.41) is 4.33. The zero-order valence-electron chi connectivity index (χ0n) is 16.2. The lowest BCUT2D eigenvalue weighted by molar-refractivity contribution is 0.340. The second-order valence-corrected chi connectivity index (χ2v) is 7.17. The molecule has 0 amide bonds. The van der Waals surface area contributed by atoms with Gasteiger partial charge in [-0.25, -0.2) is 0 Å². The second kappa shape index (κ2) is 7.06. The Morgan fingerprint density at radius 2 is 1.93 bits per heavy atom. The average Bonchev–Trinajstić information content (AvgIpc) is 3.09. The number of fused-ring (bicyclic) bond motifs is 1. The van der Waals surface area contributed by atoms with Gasteiger partial charge in [-0.15, -0.1) is 0 Å². The lowest BCUT2D eigenvalue weighted by Gasteiger charge is -2.21. The summed E-state index contributed by atoms with van der Waals surface area (Å²) in [7, 11) is 1.92. The monoisotopic (exact) mass is 363 g/mol. The van der Waals surface area contributed by atoms with Gasteiger partial charge in [0.2, 0.25) is 0 Å². The molecular weight excluding hydrogens is 338 g/mol. The van der Waals surface area contributed by atoms with Gasteiger partial charge < -0.3 is 4.74 Å². The van der Waals surface area contributed by atoms with Crippen LogP contribution in [0.15, 0.2) is 41.6 Å². The Bertz CT molecular complexity index is 1050. The van der Waals surface area contributed by atoms with Crippen LogP contribution in [0.1, 0.15) is 36.5 Å². The molecule has 2 heterocycles. The average molecular weight is 363 g/mol. The van der Waals surface area contributed by atoms with E-state index in [1.54, 1.807) is 4.57 Å². The standard InChI is InChI=1S/C22H25N3O2/c1-4-27-17-9-10-21(15(2)11-17)25-14-20(16-12-23-24(3)13-16)18-7-5-6-8-19(18)22(25)26/h9-14H,4-8H2,1-3H3. The fourth-order valence-corrected chi connectivity index (χ4v) is 3.99. The predicted octanol–water partition coefficient (Wildman–Crippen LogP) is 3.82. The van der Waals surface area contributed by atoms with Crippen molar-refractivity contribution in [1.82, 2.24) is 14.3 Å². The summed E-state index contributed by atoms with van der Waals surface area (Å²) in [6.45, 7) is 4.62. The minimum Gasteiger partial charge on any atom is -0.494 e. The van der Waals surface area contributed by atoms with Gasteiger partial charge in [0.15, 0.2) is 0 Å². The molecule has 0 spiro atoms. The van der Waals surface area contributed by atoms with E-state index in [0.29, 0.717) is 6.61 Å². The van der Waals surface area contributed by atoms with E-state index in [2.05, 4.69) is 5.10 Å². The van der Waals surface area contributed by atoms with E-state index < -0.39 is 0 Å². The summed E-state index contributed by atoms with van der Waals surface area (Å²) in [5.74, 6) is 0.831. The summed E-state index contributed by atoms with van der Waals surface area (Å²) in [4.78, 5) is 13.3. The number of aryl methyl sites for hydroxylation is 2. The van der Waals surface area contributed by atoms with Gasteiger partial charge in [0.25, 0.3) is 5.56 Å². The smallest absolute Gasteiger partial charge is 0.258 e. The molecule has 1 aromatic carbocycles. The van der Waals surface area contributed by atoms with E-state index in [0.717, 1.165) is 59.4 Å². The van der Waals surface area contributed by atoms with Crippen molar-refractivity contribution < 1.29 is 4.74 Å². The number of hydrogen-bond donors (Lipinski definition) is 0. The third-order valence-electron chi connectivity index (χ3n) is 5.28. The first-order valence-corrected chi connectivity index (χ1v) is 9.58. The molecule has 1 aliphatic rings. The molecule has 3 aromatic rings. The maximum atomic E-state index is 13.3. The van der Waals surface area contributed by atoms with Gasteiger partial charge in [-0.3, -0.25) is 14.0 Å². The Kier molecular flexibility index (Phi) is 4.60. The van der Waals surface area contributed by atoms with Crippen LogP contribution in [0, 0.1) is 6.92 Å². The molecule has 0 N–H and O–H groups in total. The Morgan fingerprint density at radius 3 is 2.59 bits per heavy atom. The number of nitrogens with zero attached hydrogens (tertiary/aromatic N) is 3. The molecule has 0 saturated carbocycles. The van der Waals surface area contributed by atoms with Crippen molar-refractivity contribution in [3.05, 3.63) is 63.8 Å². The highest BCUT2D eigenvalue weighted by Crippen LogP contribution is 2.31. The number of ether oxygens (including phenoxy) is 1. The third kappa shape index (κ3) is 3.18. The molecule has 0 fully saturated rings. The van der Waals surface area contributed by atoms with Crippen molar-refractivity contribution in [2.24, 2.45) is 7.05 Å². The topological polar surface area (TPSA) is 49.0 Å². The lowest BCUT2D eigenvalue weighted by atomic mass is 9.88. The largest absolute Gasteiger partial charge is 0.494 e. The number of benzene rings is 1. The molecule has 140 valence electrons. The van der Waals surface area contributed by atoms with E-state index in [9.17, 15) is 4.79 Å². The fraction of sp³-hybridized carbons (Fsp3) is 0.364. The summed E-state index contributed by atoms with van der Waals surface area (Å²) >= 11 is 0. The van der Waals surface area contributed by atoms with Crippen LogP contribution in [0.4, 0.5) is 0 Å². The van der Waals surface area contributed by atoms with Crippen LogP contribution in [-0.4, -0.2) is 21.0 Å². The molecule has 0 aliphatic heterocycles. The number of hydrogen-bond acceptors (Lipinski definition) is 3. The van der Waals surface area contributed by atoms with E-state index >= 15 is 0 Å². The van der Waals surface area contributed by atoms with Crippen LogP contribution < -0.4 is 10.3 Å². The zero-order chi connectivity index (χ0) is 19.0. The van der Waals surface area contributed by atoms with E-state index in [1.807, 2.05) is 62.4 Å². The Labute approximate surface area is 159 Å². The van der Waals surface area contributed by atoms with Gasteiger partial charge >= 0.3 is 0 Å². The molecular formula is C22H25N3O2. The first kappa shape index (κ1) is 17.6. The molecule has 0 unspecified atom stereocenters. The van der Waals surface area contributed by atoms with Gasteiger partial charge in [0, 0.05) is 36.1 Å². The molecule has 27 heavy (non-hydrogen) atoms. The molecule has 0 bridgehead atoms. The quantitative estimate of drug-likeness (QED) is 0.708. The van der Waals surface area contributed by atoms with Gasteiger partial charge in [-0.05, 0) is 68.9 Å². The zero-order valence-corrected chi connectivity index (χ0v) is 16.2. The van der Waals surface area contributed by atoms with Crippen molar-refractivity contribution in [3.8, 4) is 22.6 Å². The second-order valence-electron chi connectivity index (χ2n) is 7.17. The van der Waals surface area contributed by atoms with Gasteiger partial charge in [-0.2, -0.15) is 5.10 Å². The normalized spacial score (nSPS) is 13.4. The first-order valence-electron chi connectivity index (χ1n) is 9.58. The SMILES string of the molecule is CCOc1ccc(-n2cc(-c3cnn(C)c3)c3c(c2=O)CCCC3)c(C)c1. The molecule has 1 aliphatic carbocycles. The van der Waals surface area contributed by atoms with Crippen LogP contribution in [0.2, 0.25) is 0 Å². The van der Waals surface area contributed by atoms with E-state index in [4.69, 9.17) is 4.74 Å². The highest BCUT2D eigenvalue weighted by molar-refractivity contribution is 5.68. The molecule has 5 heteroatoms. The maximum Gasteiger partial charge on any atom is 0.258 e. The Morgan fingerprint density at radius 1 is 1.15 bits per heavy atom.